The highest BCUT2D eigenvalue weighted by Gasteiger charge is 2.34. The Balaban J connectivity index is 1.89. The fourth-order valence-electron chi connectivity index (χ4n) is 3.38. The highest BCUT2D eigenvalue weighted by Crippen LogP contribution is 2.37. The summed E-state index contributed by atoms with van der Waals surface area (Å²) in [6, 6.07) is 15.1. The number of nitro benzene ring substituents is 1. The van der Waals surface area contributed by atoms with Gasteiger partial charge in [0.2, 0.25) is 0 Å². The van der Waals surface area contributed by atoms with Crippen LogP contribution in [-0.2, 0) is 19.6 Å². The first-order valence-electron chi connectivity index (χ1n) is 11.3. The molecule has 0 radical (unpaired) electrons. The van der Waals surface area contributed by atoms with Gasteiger partial charge in [0.25, 0.3) is 21.6 Å². The minimum atomic E-state index is -4.67. The summed E-state index contributed by atoms with van der Waals surface area (Å²) in [5.74, 6) is -1.30. The lowest BCUT2D eigenvalue weighted by Crippen LogP contribution is -2.40. The number of hydrogen-bond acceptors (Lipinski definition) is 10. The van der Waals surface area contributed by atoms with Gasteiger partial charge in [0, 0.05) is 12.1 Å². The van der Waals surface area contributed by atoms with E-state index in [2.05, 4.69) is 10.5 Å². The van der Waals surface area contributed by atoms with E-state index in [1.165, 1.54) is 62.9 Å². The van der Waals surface area contributed by atoms with Crippen LogP contribution < -0.4 is 23.9 Å². The Morgan fingerprint density at radius 3 is 2.35 bits per heavy atom. The standard InChI is InChI=1S/C25H24N4O10S/c1-37-19-11-12-20(22(13-19)38-2)28(40(35,36)23-6-4-3-5-21(23)29(33)34)15-24(30)27-26-14-17-7-9-18(10-8-17)39-16-25(31)32/h3-14H,15-16H2,1-2H3,(H,27,30)(H,31,32)/b26-14-. The summed E-state index contributed by atoms with van der Waals surface area (Å²) >= 11 is 0. The van der Waals surface area contributed by atoms with Crippen LogP contribution in [0.5, 0.6) is 17.2 Å². The second-order valence-corrected chi connectivity index (χ2v) is 9.65. The van der Waals surface area contributed by atoms with Crippen molar-refractivity contribution in [1.29, 1.82) is 0 Å². The van der Waals surface area contributed by atoms with Crippen LogP contribution in [-0.4, -0.2) is 63.9 Å². The van der Waals surface area contributed by atoms with Gasteiger partial charge >= 0.3 is 5.97 Å². The number of benzene rings is 3. The summed E-state index contributed by atoms with van der Waals surface area (Å²) in [5, 5.41) is 24.1. The van der Waals surface area contributed by atoms with E-state index < -0.39 is 50.6 Å². The Morgan fingerprint density at radius 2 is 1.73 bits per heavy atom. The lowest BCUT2D eigenvalue weighted by molar-refractivity contribution is -0.387. The monoisotopic (exact) mass is 572 g/mol. The lowest BCUT2D eigenvalue weighted by atomic mass is 10.2. The van der Waals surface area contributed by atoms with Gasteiger partial charge in [0.1, 0.15) is 23.8 Å². The summed E-state index contributed by atoms with van der Waals surface area (Å²) in [6.45, 7) is -1.32. The molecule has 0 unspecified atom stereocenters. The minimum Gasteiger partial charge on any atom is -0.497 e. The number of nitrogens with one attached hydrogen (secondary N) is 1. The average Bonchev–Trinajstić information content (AvgIpc) is 2.95. The predicted molar refractivity (Wildman–Crippen MR) is 142 cm³/mol. The Morgan fingerprint density at radius 1 is 1.05 bits per heavy atom. The number of aliphatic carboxylic acids is 1. The van der Waals surface area contributed by atoms with Gasteiger partial charge in [0.05, 0.1) is 31.0 Å². The van der Waals surface area contributed by atoms with Crippen LogP contribution in [0.2, 0.25) is 0 Å². The molecular weight excluding hydrogens is 548 g/mol. The first-order chi connectivity index (χ1) is 19.1. The van der Waals surface area contributed by atoms with Crippen molar-refractivity contribution in [2.24, 2.45) is 5.10 Å². The second-order valence-electron chi connectivity index (χ2n) is 7.82. The van der Waals surface area contributed by atoms with Crippen LogP contribution in [0.3, 0.4) is 0 Å². The number of amides is 1. The molecular formula is C25H24N4O10S. The number of ether oxygens (including phenoxy) is 3. The van der Waals surface area contributed by atoms with Gasteiger partial charge in [-0.15, -0.1) is 0 Å². The summed E-state index contributed by atoms with van der Waals surface area (Å²) in [4.78, 5) is 33.5. The van der Waals surface area contributed by atoms with Crippen molar-refractivity contribution in [3.8, 4) is 17.2 Å². The number of carboxylic acid groups (broad SMARTS) is 1. The van der Waals surface area contributed by atoms with Gasteiger partial charge in [0.15, 0.2) is 11.5 Å². The van der Waals surface area contributed by atoms with Crippen molar-refractivity contribution < 1.29 is 42.2 Å². The number of methoxy groups -OCH3 is 2. The number of carbonyl (C=O) groups is 2. The molecule has 3 aromatic carbocycles. The molecule has 1 amide bonds. The predicted octanol–water partition coefficient (Wildman–Crippen LogP) is 2.42. The summed E-state index contributed by atoms with van der Waals surface area (Å²) < 4.78 is 43.6. The van der Waals surface area contributed by atoms with Gasteiger partial charge in [-0.2, -0.15) is 5.10 Å². The molecule has 0 bridgehead atoms. The summed E-state index contributed by atoms with van der Waals surface area (Å²) in [5.41, 5.74) is 2.00. The highest BCUT2D eigenvalue weighted by molar-refractivity contribution is 7.93. The quantitative estimate of drug-likeness (QED) is 0.175. The second kappa shape index (κ2) is 13.1. The van der Waals surface area contributed by atoms with E-state index in [4.69, 9.17) is 19.3 Å². The highest BCUT2D eigenvalue weighted by atomic mass is 32.2. The number of carboxylic acids is 1. The Labute approximate surface area is 228 Å². The molecule has 3 rings (SSSR count). The molecule has 0 saturated carbocycles. The first kappa shape index (κ1) is 29.4. The maximum Gasteiger partial charge on any atom is 0.341 e. The molecule has 14 nitrogen and oxygen atoms in total. The van der Waals surface area contributed by atoms with Crippen molar-refractivity contribution in [1.82, 2.24) is 5.43 Å². The molecule has 40 heavy (non-hydrogen) atoms. The Bertz CT molecular complexity index is 1520. The van der Waals surface area contributed by atoms with Gasteiger partial charge < -0.3 is 19.3 Å². The minimum absolute atomic E-state index is 0.0306. The zero-order valence-electron chi connectivity index (χ0n) is 21.2. The average molecular weight is 573 g/mol. The van der Waals surface area contributed by atoms with Crippen LogP contribution >= 0.6 is 0 Å². The van der Waals surface area contributed by atoms with Crippen LogP contribution in [0, 0.1) is 10.1 Å². The molecule has 0 atom stereocenters. The maximum atomic E-state index is 13.7. The van der Waals surface area contributed by atoms with E-state index in [9.17, 15) is 28.1 Å². The van der Waals surface area contributed by atoms with Gasteiger partial charge in [-0.3, -0.25) is 19.2 Å². The summed E-state index contributed by atoms with van der Waals surface area (Å²) in [7, 11) is -1.98. The molecule has 0 heterocycles. The maximum absolute atomic E-state index is 13.7. The molecule has 0 fully saturated rings. The smallest absolute Gasteiger partial charge is 0.341 e. The number of nitro groups is 1. The van der Waals surface area contributed by atoms with Crippen molar-refractivity contribution in [2.45, 2.75) is 4.90 Å². The number of hydrazone groups is 1. The Hall–Kier alpha value is -5.18. The van der Waals surface area contributed by atoms with Crippen LogP contribution in [0.1, 0.15) is 5.56 Å². The van der Waals surface area contributed by atoms with E-state index in [1.54, 1.807) is 12.1 Å². The van der Waals surface area contributed by atoms with E-state index in [-0.39, 0.29) is 11.4 Å². The van der Waals surface area contributed by atoms with Crippen molar-refractivity contribution in [2.75, 3.05) is 31.7 Å². The number of sulfonamides is 1. The molecule has 0 spiro atoms. The van der Waals surface area contributed by atoms with E-state index in [0.717, 1.165) is 12.1 Å². The van der Waals surface area contributed by atoms with Crippen LogP contribution in [0.4, 0.5) is 11.4 Å². The SMILES string of the molecule is COc1ccc(N(CC(=O)N/N=C\c2ccc(OCC(=O)O)cc2)S(=O)(=O)c2ccccc2[N+](=O)[O-])c(OC)c1. The van der Waals surface area contributed by atoms with E-state index in [0.29, 0.717) is 21.4 Å². The molecule has 0 aliphatic heterocycles. The van der Waals surface area contributed by atoms with E-state index >= 15 is 0 Å². The third-order valence-electron chi connectivity index (χ3n) is 5.22. The van der Waals surface area contributed by atoms with Crippen molar-refractivity contribution >= 4 is 39.5 Å². The number of anilines is 1. The van der Waals surface area contributed by atoms with Crippen molar-refractivity contribution in [3.63, 3.8) is 0 Å². The topological polar surface area (TPSA) is 187 Å². The molecule has 3 aromatic rings. The molecule has 0 aromatic heterocycles. The number of carbonyl (C=O) groups excluding carboxylic acids is 1. The third kappa shape index (κ3) is 7.22. The summed E-state index contributed by atoms with van der Waals surface area (Å²) in [6.07, 6.45) is 1.27. The van der Waals surface area contributed by atoms with E-state index in [1.807, 2.05) is 0 Å². The largest absolute Gasteiger partial charge is 0.497 e. The fourth-order valence-corrected chi connectivity index (χ4v) is 4.97. The number of para-hydroxylation sites is 1. The zero-order chi connectivity index (χ0) is 29.3. The normalized spacial score (nSPS) is 11.1. The number of nitrogens with zero attached hydrogens (tertiary/aromatic N) is 3. The zero-order valence-corrected chi connectivity index (χ0v) is 22.0. The van der Waals surface area contributed by atoms with Crippen LogP contribution in [0.25, 0.3) is 0 Å². The lowest BCUT2D eigenvalue weighted by Gasteiger charge is -2.25. The fraction of sp³-hybridized carbons (Fsp3) is 0.160. The van der Waals surface area contributed by atoms with Gasteiger partial charge in [-0.25, -0.2) is 18.6 Å². The number of hydrogen-bond donors (Lipinski definition) is 2. The molecule has 210 valence electrons. The molecule has 0 aliphatic rings. The molecule has 2 N–H and O–H groups in total. The first-order valence-corrected chi connectivity index (χ1v) is 12.8. The number of rotatable bonds is 13. The molecule has 15 heteroatoms. The molecule has 0 aliphatic carbocycles. The van der Waals surface area contributed by atoms with Crippen molar-refractivity contribution in [3.05, 3.63) is 82.4 Å². The third-order valence-corrected chi connectivity index (χ3v) is 7.03. The molecule has 0 saturated heterocycles. The Kier molecular flexibility index (Phi) is 9.59. The van der Waals surface area contributed by atoms with Gasteiger partial charge in [-0.1, -0.05) is 12.1 Å². The van der Waals surface area contributed by atoms with Gasteiger partial charge in [-0.05, 0) is 48.0 Å². The van der Waals surface area contributed by atoms with Crippen LogP contribution in [0.15, 0.2) is 76.7 Å².